The second-order valence-corrected chi connectivity index (χ2v) is 5.64. The molecule has 0 radical (unpaired) electrons. The summed E-state index contributed by atoms with van der Waals surface area (Å²) in [4.78, 5) is 12.9. The molecule has 2 rings (SSSR count). The highest BCUT2D eigenvalue weighted by atomic mass is 35.5. The standard InChI is InChI=1S/C16H16Cl2N2O2/c1-5-8-22-16-13(10(3)19-20(16)4)15(21)11-6-7-12(17)9(2)14(11)18/h5-7H,1,8H2,2-4H3. The Labute approximate surface area is 139 Å². The number of benzene rings is 1. The van der Waals surface area contributed by atoms with Gasteiger partial charge in [0.05, 0.1) is 10.7 Å². The van der Waals surface area contributed by atoms with Gasteiger partial charge >= 0.3 is 0 Å². The first-order chi connectivity index (χ1) is 10.4. The Morgan fingerprint density at radius 1 is 1.41 bits per heavy atom. The van der Waals surface area contributed by atoms with E-state index in [0.29, 0.717) is 38.3 Å². The minimum absolute atomic E-state index is 0.241. The van der Waals surface area contributed by atoms with Crippen LogP contribution in [-0.2, 0) is 7.05 Å². The van der Waals surface area contributed by atoms with E-state index in [2.05, 4.69) is 11.7 Å². The molecule has 0 amide bonds. The molecule has 116 valence electrons. The number of ketones is 1. The third-order valence-corrected chi connectivity index (χ3v) is 4.20. The van der Waals surface area contributed by atoms with Gasteiger partial charge in [-0.25, -0.2) is 4.68 Å². The van der Waals surface area contributed by atoms with Gasteiger partial charge in [0.2, 0.25) is 11.7 Å². The van der Waals surface area contributed by atoms with Crippen LogP contribution < -0.4 is 4.74 Å². The van der Waals surface area contributed by atoms with Gasteiger partial charge in [0.1, 0.15) is 12.2 Å². The summed E-state index contributed by atoms with van der Waals surface area (Å²) in [6.45, 7) is 7.41. The van der Waals surface area contributed by atoms with Crippen LogP contribution in [0.25, 0.3) is 0 Å². The van der Waals surface area contributed by atoms with Crippen LogP contribution in [0.4, 0.5) is 0 Å². The van der Waals surface area contributed by atoms with Crippen molar-refractivity contribution < 1.29 is 9.53 Å². The minimum Gasteiger partial charge on any atom is -0.473 e. The zero-order chi connectivity index (χ0) is 16.4. The largest absolute Gasteiger partial charge is 0.473 e. The maximum absolute atomic E-state index is 12.9. The van der Waals surface area contributed by atoms with E-state index in [1.54, 1.807) is 39.1 Å². The van der Waals surface area contributed by atoms with E-state index in [0.717, 1.165) is 0 Å². The Kier molecular flexibility index (Phi) is 4.94. The Balaban J connectivity index is 2.55. The summed E-state index contributed by atoms with van der Waals surface area (Å²) >= 11 is 12.3. The summed E-state index contributed by atoms with van der Waals surface area (Å²) < 4.78 is 7.10. The average molecular weight is 339 g/mol. The van der Waals surface area contributed by atoms with E-state index in [4.69, 9.17) is 27.9 Å². The number of carbonyl (C=O) groups excluding carboxylic acids is 1. The second kappa shape index (κ2) is 6.55. The van der Waals surface area contributed by atoms with Gasteiger partial charge < -0.3 is 4.74 Å². The lowest BCUT2D eigenvalue weighted by Gasteiger charge is -2.10. The molecule has 2 aromatic rings. The molecular weight excluding hydrogens is 323 g/mol. The Morgan fingerprint density at radius 3 is 2.73 bits per heavy atom. The van der Waals surface area contributed by atoms with E-state index in [1.807, 2.05) is 0 Å². The lowest BCUT2D eigenvalue weighted by Crippen LogP contribution is -2.08. The summed E-state index contributed by atoms with van der Waals surface area (Å²) in [5.74, 6) is 0.153. The fraction of sp³-hybridized carbons (Fsp3) is 0.250. The molecule has 6 heteroatoms. The van der Waals surface area contributed by atoms with Crippen molar-refractivity contribution in [1.29, 1.82) is 0 Å². The van der Waals surface area contributed by atoms with E-state index >= 15 is 0 Å². The number of aryl methyl sites for hydroxylation is 2. The number of aromatic nitrogens is 2. The van der Waals surface area contributed by atoms with Gasteiger partial charge in [-0.1, -0.05) is 35.9 Å². The Bertz CT molecular complexity index is 751. The number of halogens is 2. The molecule has 1 heterocycles. The van der Waals surface area contributed by atoms with Gasteiger partial charge in [-0.3, -0.25) is 4.79 Å². The van der Waals surface area contributed by atoms with Crippen molar-refractivity contribution in [1.82, 2.24) is 9.78 Å². The molecule has 1 aromatic heterocycles. The molecule has 1 aromatic carbocycles. The van der Waals surface area contributed by atoms with Crippen molar-refractivity contribution in [3.63, 3.8) is 0 Å². The predicted molar refractivity (Wildman–Crippen MR) is 88.3 cm³/mol. The molecule has 22 heavy (non-hydrogen) atoms. The van der Waals surface area contributed by atoms with Gasteiger partial charge in [0, 0.05) is 17.6 Å². The maximum Gasteiger partial charge on any atom is 0.223 e. The summed E-state index contributed by atoms with van der Waals surface area (Å²) in [7, 11) is 1.72. The molecule has 0 bridgehead atoms. The van der Waals surface area contributed by atoms with Crippen LogP contribution in [0.2, 0.25) is 10.0 Å². The third-order valence-electron chi connectivity index (χ3n) is 3.30. The number of rotatable bonds is 5. The monoisotopic (exact) mass is 338 g/mol. The summed E-state index contributed by atoms with van der Waals surface area (Å²) in [5, 5.41) is 5.11. The van der Waals surface area contributed by atoms with Crippen molar-refractivity contribution in [2.45, 2.75) is 13.8 Å². The lowest BCUT2D eigenvalue weighted by molar-refractivity contribution is 0.103. The smallest absolute Gasteiger partial charge is 0.223 e. The average Bonchev–Trinajstić information content (AvgIpc) is 2.76. The van der Waals surface area contributed by atoms with Crippen molar-refractivity contribution >= 4 is 29.0 Å². The SMILES string of the molecule is C=CCOc1c(C(=O)c2ccc(Cl)c(C)c2Cl)c(C)nn1C. The molecule has 0 aliphatic carbocycles. The van der Waals surface area contributed by atoms with Gasteiger partial charge in [-0.15, -0.1) is 0 Å². The van der Waals surface area contributed by atoms with E-state index < -0.39 is 0 Å². The van der Waals surface area contributed by atoms with Crippen molar-refractivity contribution in [3.05, 3.63) is 57.2 Å². The van der Waals surface area contributed by atoms with Crippen LogP contribution in [0, 0.1) is 13.8 Å². The fourth-order valence-corrected chi connectivity index (χ4v) is 2.63. The van der Waals surface area contributed by atoms with Crippen LogP contribution in [0.1, 0.15) is 27.2 Å². The Hall–Kier alpha value is -1.78. The van der Waals surface area contributed by atoms with Crippen LogP contribution in [0.3, 0.4) is 0 Å². The molecule has 0 fully saturated rings. The predicted octanol–water partition coefficient (Wildman–Crippen LogP) is 4.14. The molecule has 0 saturated heterocycles. The van der Waals surface area contributed by atoms with E-state index in [-0.39, 0.29) is 12.4 Å². The van der Waals surface area contributed by atoms with Gasteiger partial charge in [-0.2, -0.15) is 5.10 Å². The van der Waals surface area contributed by atoms with Gasteiger partial charge in [0.15, 0.2) is 0 Å². The number of hydrogen-bond donors (Lipinski definition) is 0. The fourth-order valence-electron chi connectivity index (χ4n) is 2.17. The molecular formula is C16H16Cl2N2O2. The molecule has 0 unspecified atom stereocenters. The minimum atomic E-state index is -0.241. The quantitative estimate of drug-likeness (QED) is 0.607. The summed E-state index contributed by atoms with van der Waals surface area (Å²) in [6.07, 6.45) is 1.61. The van der Waals surface area contributed by atoms with Crippen LogP contribution in [0.15, 0.2) is 24.8 Å². The first-order valence-corrected chi connectivity index (χ1v) is 7.40. The van der Waals surface area contributed by atoms with Crippen LogP contribution >= 0.6 is 23.2 Å². The second-order valence-electron chi connectivity index (χ2n) is 4.85. The zero-order valence-electron chi connectivity index (χ0n) is 12.6. The highest BCUT2D eigenvalue weighted by Crippen LogP contribution is 2.32. The van der Waals surface area contributed by atoms with Crippen LogP contribution in [-0.4, -0.2) is 22.2 Å². The first kappa shape index (κ1) is 16.6. The van der Waals surface area contributed by atoms with Crippen molar-refractivity contribution in [2.24, 2.45) is 7.05 Å². The van der Waals surface area contributed by atoms with Gasteiger partial charge in [-0.05, 0) is 31.5 Å². The van der Waals surface area contributed by atoms with Crippen molar-refractivity contribution in [2.75, 3.05) is 6.61 Å². The molecule has 0 aliphatic heterocycles. The maximum atomic E-state index is 12.9. The molecule has 4 nitrogen and oxygen atoms in total. The van der Waals surface area contributed by atoms with Gasteiger partial charge in [0.25, 0.3) is 0 Å². The lowest BCUT2D eigenvalue weighted by atomic mass is 10.0. The highest BCUT2D eigenvalue weighted by molar-refractivity contribution is 6.38. The summed E-state index contributed by atoms with van der Waals surface area (Å²) in [6, 6.07) is 3.27. The first-order valence-electron chi connectivity index (χ1n) is 6.65. The number of nitrogens with zero attached hydrogens (tertiary/aromatic N) is 2. The Morgan fingerprint density at radius 2 is 2.09 bits per heavy atom. The molecule has 0 aliphatic rings. The molecule has 0 atom stereocenters. The van der Waals surface area contributed by atoms with E-state index in [9.17, 15) is 4.79 Å². The zero-order valence-corrected chi connectivity index (χ0v) is 14.1. The van der Waals surface area contributed by atoms with E-state index in [1.165, 1.54) is 4.68 Å². The number of ether oxygens (including phenoxy) is 1. The number of carbonyl (C=O) groups is 1. The molecule has 0 spiro atoms. The summed E-state index contributed by atoms with van der Waals surface area (Å²) in [5.41, 5.74) is 2.02. The topological polar surface area (TPSA) is 44.1 Å². The molecule has 0 saturated carbocycles. The highest BCUT2D eigenvalue weighted by Gasteiger charge is 2.25. The van der Waals surface area contributed by atoms with Crippen LogP contribution in [0.5, 0.6) is 5.88 Å². The normalized spacial score (nSPS) is 10.6. The van der Waals surface area contributed by atoms with Crippen molar-refractivity contribution in [3.8, 4) is 5.88 Å². The molecule has 0 N–H and O–H groups in total. The number of hydrogen-bond acceptors (Lipinski definition) is 3. The third kappa shape index (κ3) is 2.89.